The fourth-order valence-corrected chi connectivity index (χ4v) is 3.36. The second-order valence-electron chi connectivity index (χ2n) is 7.36. The molecule has 25 heavy (non-hydrogen) atoms. The minimum absolute atomic E-state index is 0.138. The molecule has 0 radical (unpaired) electrons. The Morgan fingerprint density at radius 2 is 1.68 bits per heavy atom. The van der Waals surface area contributed by atoms with Crippen LogP contribution in [0.4, 0.5) is 4.79 Å². The van der Waals surface area contributed by atoms with Gasteiger partial charge in [-0.3, -0.25) is 4.79 Å². The molecule has 0 saturated heterocycles. The van der Waals surface area contributed by atoms with Crippen molar-refractivity contribution >= 4 is 12.0 Å². The molecule has 8 nitrogen and oxygen atoms in total. The SMILES string of the molecule is CC(C)NC(=O)NC(CC(=O)O)[C@H](O)[C@H](O)[C@@H](N)CC1CCCCC1. The first kappa shape index (κ1) is 21.7. The zero-order valence-electron chi connectivity index (χ0n) is 15.1. The zero-order valence-corrected chi connectivity index (χ0v) is 15.1. The highest BCUT2D eigenvalue weighted by Crippen LogP contribution is 2.28. The Morgan fingerprint density at radius 1 is 1.08 bits per heavy atom. The molecular formula is C17H33N3O5. The van der Waals surface area contributed by atoms with Crippen LogP contribution in [-0.4, -0.2) is 57.7 Å². The first-order valence-electron chi connectivity index (χ1n) is 9.11. The number of nitrogens with one attached hydrogen (secondary N) is 2. The van der Waals surface area contributed by atoms with Gasteiger partial charge in [-0.2, -0.15) is 0 Å². The summed E-state index contributed by atoms with van der Waals surface area (Å²) >= 11 is 0. The van der Waals surface area contributed by atoms with Gasteiger partial charge in [0.15, 0.2) is 0 Å². The number of carboxylic acid groups (broad SMARTS) is 1. The van der Waals surface area contributed by atoms with Crippen LogP contribution in [0.3, 0.4) is 0 Å². The Labute approximate surface area is 149 Å². The van der Waals surface area contributed by atoms with Crippen molar-refractivity contribution < 1.29 is 24.9 Å². The van der Waals surface area contributed by atoms with Crippen molar-refractivity contribution in [3.8, 4) is 0 Å². The van der Waals surface area contributed by atoms with Crippen LogP contribution in [0, 0.1) is 5.92 Å². The van der Waals surface area contributed by atoms with Gasteiger partial charge in [0.05, 0.1) is 18.6 Å². The van der Waals surface area contributed by atoms with E-state index in [1.54, 1.807) is 13.8 Å². The van der Waals surface area contributed by atoms with Gasteiger partial charge in [0.1, 0.15) is 6.10 Å². The van der Waals surface area contributed by atoms with E-state index in [2.05, 4.69) is 10.6 Å². The average Bonchev–Trinajstić information content (AvgIpc) is 2.52. The van der Waals surface area contributed by atoms with Gasteiger partial charge in [0.2, 0.25) is 0 Å². The fourth-order valence-electron chi connectivity index (χ4n) is 3.36. The molecule has 0 spiro atoms. The van der Waals surface area contributed by atoms with E-state index >= 15 is 0 Å². The average molecular weight is 359 g/mol. The van der Waals surface area contributed by atoms with E-state index in [1.165, 1.54) is 6.42 Å². The third-order valence-corrected chi connectivity index (χ3v) is 4.66. The van der Waals surface area contributed by atoms with Crippen LogP contribution >= 0.6 is 0 Å². The number of hydrogen-bond donors (Lipinski definition) is 6. The molecule has 1 saturated carbocycles. The van der Waals surface area contributed by atoms with Gasteiger partial charge in [-0.05, 0) is 26.2 Å². The lowest BCUT2D eigenvalue weighted by Gasteiger charge is -2.32. The van der Waals surface area contributed by atoms with Crippen molar-refractivity contribution in [3.63, 3.8) is 0 Å². The molecular weight excluding hydrogens is 326 g/mol. The lowest BCUT2D eigenvalue weighted by molar-refractivity contribution is -0.139. The highest BCUT2D eigenvalue weighted by Gasteiger charge is 2.34. The number of urea groups is 1. The van der Waals surface area contributed by atoms with E-state index in [4.69, 9.17) is 10.8 Å². The molecule has 1 aliphatic rings. The van der Waals surface area contributed by atoms with E-state index in [0.29, 0.717) is 12.3 Å². The number of aliphatic hydroxyl groups excluding tert-OH is 2. The monoisotopic (exact) mass is 359 g/mol. The van der Waals surface area contributed by atoms with E-state index in [0.717, 1.165) is 25.7 Å². The van der Waals surface area contributed by atoms with Crippen LogP contribution in [0.5, 0.6) is 0 Å². The zero-order chi connectivity index (χ0) is 19.0. The highest BCUT2D eigenvalue weighted by atomic mass is 16.4. The molecule has 0 aromatic rings. The quantitative estimate of drug-likeness (QED) is 0.355. The van der Waals surface area contributed by atoms with Crippen molar-refractivity contribution in [2.45, 2.75) is 89.1 Å². The Morgan fingerprint density at radius 3 is 2.20 bits per heavy atom. The second kappa shape index (κ2) is 10.6. The van der Waals surface area contributed by atoms with Crippen molar-refractivity contribution in [1.82, 2.24) is 10.6 Å². The van der Waals surface area contributed by atoms with Crippen molar-refractivity contribution in [1.29, 1.82) is 0 Å². The van der Waals surface area contributed by atoms with Crippen LogP contribution in [0.1, 0.15) is 58.8 Å². The maximum Gasteiger partial charge on any atom is 0.315 e. The minimum atomic E-state index is -1.45. The molecule has 2 amide bonds. The maximum absolute atomic E-state index is 11.8. The number of carbonyl (C=O) groups excluding carboxylic acids is 1. The number of carboxylic acids is 1. The molecule has 0 aromatic heterocycles. The third kappa shape index (κ3) is 8.02. The van der Waals surface area contributed by atoms with Gasteiger partial charge in [-0.1, -0.05) is 32.1 Å². The van der Waals surface area contributed by atoms with Gasteiger partial charge < -0.3 is 31.7 Å². The second-order valence-corrected chi connectivity index (χ2v) is 7.36. The Kier molecular flexibility index (Phi) is 9.16. The first-order chi connectivity index (χ1) is 11.7. The van der Waals surface area contributed by atoms with Gasteiger partial charge in [-0.25, -0.2) is 4.79 Å². The fraction of sp³-hybridized carbons (Fsp3) is 0.882. The lowest BCUT2D eigenvalue weighted by atomic mass is 9.82. The maximum atomic E-state index is 11.8. The molecule has 1 rings (SSSR count). The topological polar surface area (TPSA) is 145 Å². The van der Waals surface area contributed by atoms with Gasteiger partial charge in [-0.15, -0.1) is 0 Å². The predicted octanol–water partition coefficient (Wildman–Crippen LogP) is 0.557. The first-order valence-corrected chi connectivity index (χ1v) is 9.11. The summed E-state index contributed by atoms with van der Waals surface area (Å²) in [5, 5.41) is 34.7. The minimum Gasteiger partial charge on any atom is -0.481 e. The van der Waals surface area contributed by atoms with E-state index in [9.17, 15) is 19.8 Å². The number of carbonyl (C=O) groups is 2. The summed E-state index contributed by atoms with van der Waals surface area (Å²) in [6.07, 6.45) is 2.96. The Hall–Kier alpha value is -1.38. The molecule has 0 aromatic carbocycles. The molecule has 1 unspecified atom stereocenters. The standard InChI is InChI=1S/C17H33N3O5/c1-10(2)19-17(25)20-13(9-14(21)22)16(24)15(23)12(18)8-11-6-4-3-5-7-11/h10-13,15-16,23-24H,3-9,18H2,1-2H3,(H,21,22)(H2,19,20,25)/t12-,13?,15+,16-/m0/s1. The van der Waals surface area contributed by atoms with E-state index in [1.807, 2.05) is 0 Å². The number of aliphatic hydroxyl groups is 2. The van der Waals surface area contributed by atoms with Gasteiger partial charge >= 0.3 is 12.0 Å². The van der Waals surface area contributed by atoms with Crippen molar-refractivity contribution in [2.24, 2.45) is 11.7 Å². The van der Waals surface area contributed by atoms with E-state index < -0.39 is 42.7 Å². The summed E-state index contributed by atoms with van der Waals surface area (Å²) in [7, 11) is 0. The molecule has 7 N–H and O–H groups in total. The smallest absolute Gasteiger partial charge is 0.315 e. The lowest BCUT2D eigenvalue weighted by Crippen LogP contribution is -2.57. The molecule has 146 valence electrons. The number of hydrogen-bond acceptors (Lipinski definition) is 5. The van der Waals surface area contributed by atoms with Crippen LogP contribution in [-0.2, 0) is 4.79 Å². The summed E-state index contributed by atoms with van der Waals surface area (Å²) in [6.45, 7) is 3.52. The number of aliphatic carboxylic acids is 1. The van der Waals surface area contributed by atoms with Crippen LogP contribution in [0.15, 0.2) is 0 Å². The molecule has 4 atom stereocenters. The van der Waals surface area contributed by atoms with E-state index in [-0.39, 0.29) is 6.04 Å². The van der Waals surface area contributed by atoms with Crippen LogP contribution in [0.2, 0.25) is 0 Å². The third-order valence-electron chi connectivity index (χ3n) is 4.66. The largest absolute Gasteiger partial charge is 0.481 e. The molecule has 1 aliphatic carbocycles. The molecule has 0 heterocycles. The van der Waals surface area contributed by atoms with Gasteiger partial charge in [0, 0.05) is 12.1 Å². The van der Waals surface area contributed by atoms with Gasteiger partial charge in [0.25, 0.3) is 0 Å². The summed E-state index contributed by atoms with van der Waals surface area (Å²) in [5.74, 6) is -0.761. The summed E-state index contributed by atoms with van der Waals surface area (Å²) in [6, 6.07) is -2.51. The molecule has 1 fully saturated rings. The Balaban J connectivity index is 2.64. The van der Waals surface area contributed by atoms with Crippen molar-refractivity contribution in [3.05, 3.63) is 0 Å². The molecule has 0 aliphatic heterocycles. The molecule has 8 heteroatoms. The summed E-state index contributed by atoms with van der Waals surface area (Å²) in [4.78, 5) is 22.9. The summed E-state index contributed by atoms with van der Waals surface area (Å²) in [5.41, 5.74) is 6.04. The number of nitrogens with two attached hydrogens (primary N) is 1. The van der Waals surface area contributed by atoms with Crippen LogP contribution in [0.25, 0.3) is 0 Å². The Bertz CT molecular complexity index is 427. The number of amides is 2. The highest BCUT2D eigenvalue weighted by molar-refractivity contribution is 5.76. The number of rotatable bonds is 9. The summed E-state index contributed by atoms with van der Waals surface area (Å²) < 4.78 is 0. The molecule has 0 bridgehead atoms. The van der Waals surface area contributed by atoms with Crippen molar-refractivity contribution in [2.75, 3.05) is 0 Å². The predicted molar refractivity (Wildman–Crippen MR) is 94.0 cm³/mol. The normalized spacial score (nSPS) is 20.6. The van der Waals surface area contributed by atoms with Crippen LogP contribution < -0.4 is 16.4 Å².